The van der Waals surface area contributed by atoms with Gasteiger partial charge in [0.05, 0.1) is 29.0 Å². The van der Waals surface area contributed by atoms with Crippen LogP contribution in [0.5, 0.6) is 0 Å². The minimum absolute atomic E-state index is 0.257. The lowest BCUT2D eigenvalue weighted by molar-refractivity contribution is 0.600. The molecule has 27 heavy (non-hydrogen) atoms. The molecule has 1 heterocycles. The predicted octanol–water partition coefficient (Wildman–Crippen LogP) is 3.44. The summed E-state index contributed by atoms with van der Waals surface area (Å²) in [6.07, 6.45) is 4.11. The molecule has 1 saturated carbocycles. The van der Waals surface area contributed by atoms with E-state index >= 15 is 0 Å². The average molecular weight is 384 g/mol. The molecule has 1 fully saturated rings. The van der Waals surface area contributed by atoms with E-state index in [1.807, 2.05) is 0 Å². The van der Waals surface area contributed by atoms with Crippen LogP contribution in [-0.4, -0.2) is 23.6 Å². The summed E-state index contributed by atoms with van der Waals surface area (Å²) in [5.41, 5.74) is 7.78. The van der Waals surface area contributed by atoms with Crippen LogP contribution in [0.1, 0.15) is 12.8 Å². The highest BCUT2D eigenvalue weighted by Gasteiger charge is 2.36. The largest absolute Gasteiger partial charge is 0.382 e. The number of anilines is 2. The standard InChI is InChI=1S/C19H17FN4O2S/c20-16-9-12(5-8-15(16)18-10-23-19(21)11-22-18)14-3-1-2-4-17(14)24-27(25,26)13-6-7-13/h1-5,8-11,13,24H,6-7H2,(H2,21,23). The fraction of sp³-hybridized carbons (Fsp3) is 0.158. The Hall–Kier alpha value is -3.00. The van der Waals surface area contributed by atoms with E-state index in [1.54, 1.807) is 36.4 Å². The summed E-state index contributed by atoms with van der Waals surface area (Å²) >= 11 is 0. The van der Waals surface area contributed by atoms with E-state index in [0.717, 1.165) is 0 Å². The topological polar surface area (TPSA) is 98.0 Å². The zero-order valence-corrected chi connectivity index (χ0v) is 15.1. The molecule has 0 aliphatic heterocycles. The maximum Gasteiger partial charge on any atom is 0.235 e. The molecule has 3 aromatic rings. The smallest absolute Gasteiger partial charge is 0.235 e. The Morgan fingerprint density at radius 2 is 1.81 bits per heavy atom. The number of sulfonamides is 1. The SMILES string of the molecule is Nc1cnc(-c2ccc(-c3ccccc3NS(=O)(=O)C3CC3)cc2F)cn1. The van der Waals surface area contributed by atoms with Crippen molar-refractivity contribution in [1.29, 1.82) is 0 Å². The first-order valence-electron chi connectivity index (χ1n) is 8.42. The van der Waals surface area contributed by atoms with Gasteiger partial charge in [0, 0.05) is 11.1 Å². The number of rotatable bonds is 5. The van der Waals surface area contributed by atoms with Crippen molar-refractivity contribution in [3.63, 3.8) is 0 Å². The lowest BCUT2D eigenvalue weighted by Crippen LogP contribution is -2.17. The van der Waals surface area contributed by atoms with Crippen LogP contribution in [0.2, 0.25) is 0 Å². The summed E-state index contributed by atoms with van der Waals surface area (Å²) in [4.78, 5) is 8.01. The molecular formula is C19H17FN4O2S. The quantitative estimate of drug-likeness (QED) is 0.702. The van der Waals surface area contributed by atoms with Crippen LogP contribution in [0.25, 0.3) is 22.4 Å². The highest BCUT2D eigenvalue weighted by molar-refractivity contribution is 7.93. The van der Waals surface area contributed by atoms with E-state index in [1.165, 1.54) is 18.5 Å². The minimum atomic E-state index is -3.41. The normalized spacial score (nSPS) is 14.1. The molecule has 8 heteroatoms. The van der Waals surface area contributed by atoms with E-state index < -0.39 is 15.8 Å². The first-order valence-corrected chi connectivity index (χ1v) is 9.97. The van der Waals surface area contributed by atoms with Gasteiger partial charge in [-0.3, -0.25) is 9.71 Å². The Morgan fingerprint density at radius 3 is 2.48 bits per heavy atom. The molecule has 1 aliphatic rings. The Labute approximate surface area is 156 Å². The van der Waals surface area contributed by atoms with Crippen molar-refractivity contribution in [3.05, 3.63) is 60.7 Å². The van der Waals surface area contributed by atoms with Gasteiger partial charge >= 0.3 is 0 Å². The van der Waals surface area contributed by atoms with E-state index in [0.29, 0.717) is 40.9 Å². The van der Waals surface area contributed by atoms with E-state index in [4.69, 9.17) is 5.73 Å². The van der Waals surface area contributed by atoms with Crippen molar-refractivity contribution in [3.8, 4) is 22.4 Å². The van der Waals surface area contributed by atoms with Crippen LogP contribution < -0.4 is 10.5 Å². The summed E-state index contributed by atoms with van der Waals surface area (Å²) in [5.74, 6) is -0.223. The molecule has 0 radical (unpaired) electrons. The third-order valence-electron chi connectivity index (χ3n) is 4.37. The molecule has 1 aliphatic carbocycles. The van der Waals surface area contributed by atoms with E-state index in [-0.39, 0.29) is 11.1 Å². The molecule has 138 valence electrons. The molecule has 6 nitrogen and oxygen atoms in total. The summed E-state index contributed by atoms with van der Waals surface area (Å²) in [7, 11) is -3.41. The highest BCUT2D eigenvalue weighted by atomic mass is 32.2. The zero-order valence-electron chi connectivity index (χ0n) is 14.3. The van der Waals surface area contributed by atoms with Crippen molar-refractivity contribution in [2.75, 3.05) is 10.5 Å². The fourth-order valence-electron chi connectivity index (χ4n) is 2.81. The lowest BCUT2D eigenvalue weighted by atomic mass is 10.0. The summed E-state index contributed by atoms with van der Waals surface area (Å²) < 4.78 is 41.9. The van der Waals surface area contributed by atoms with Crippen molar-refractivity contribution in [2.45, 2.75) is 18.1 Å². The van der Waals surface area contributed by atoms with Gasteiger partial charge in [-0.25, -0.2) is 17.8 Å². The zero-order chi connectivity index (χ0) is 19.0. The molecule has 0 saturated heterocycles. The summed E-state index contributed by atoms with van der Waals surface area (Å²) in [5, 5.41) is -0.339. The monoisotopic (exact) mass is 384 g/mol. The summed E-state index contributed by atoms with van der Waals surface area (Å²) in [6.45, 7) is 0. The van der Waals surface area contributed by atoms with E-state index in [2.05, 4.69) is 14.7 Å². The van der Waals surface area contributed by atoms with Gasteiger partial charge in [-0.2, -0.15) is 0 Å². The van der Waals surface area contributed by atoms with Gasteiger partial charge in [-0.05, 0) is 36.6 Å². The minimum Gasteiger partial charge on any atom is -0.382 e. The van der Waals surface area contributed by atoms with Crippen LogP contribution in [0.3, 0.4) is 0 Å². The van der Waals surface area contributed by atoms with Gasteiger partial charge in [0.2, 0.25) is 10.0 Å². The Balaban J connectivity index is 1.70. The molecule has 4 rings (SSSR count). The van der Waals surface area contributed by atoms with Crippen LogP contribution >= 0.6 is 0 Å². The molecule has 2 aromatic carbocycles. The summed E-state index contributed by atoms with van der Waals surface area (Å²) in [6, 6.07) is 11.6. The predicted molar refractivity (Wildman–Crippen MR) is 103 cm³/mol. The third kappa shape index (κ3) is 3.61. The van der Waals surface area contributed by atoms with Crippen molar-refractivity contribution < 1.29 is 12.8 Å². The van der Waals surface area contributed by atoms with Crippen molar-refractivity contribution >= 4 is 21.5 Å². The number of hydrogen-bond donors (Lipinski definition) is 2. The number of hydrogen-bond acceptors (Lipinski definition) is 5. The number of nitrogens with one attached hydrogen (secondary N) is 1. The van der Waals surface area contributed by atoms with Gasteiger partial charge in [-0.1, -0.05) is 24.3 Å². The highest BCUT2D eigenvalue weighted by Crippen LogP contribution is 2.35. The average Bonchev–Trinajstić information content (AvgIpc) is 3.49. The maximum absolute atomic E-state index is 14.7. The number of nitrogens with zero attached hydrogens (tertiary/aromatic N) is 2. The van der Waals surface area contributed by atoms with Gasteiger partial charge in [0.25, 0.3) is 0 Å². The number of para-hydroxylation sites is 1. The Kier molecular flexibility index (Phi) is 4.27. The number of halogens is 1. The molecule has 0 spiro atoms. The van der Waals surface area contributed by atoms with E-state index in [9.17, 15) is 12.8 Å². The maximum atomic E-state index is 14.7. The first-order chi connectivity index (χ1) is 12.9. The number of benzene rings is 2. The van der Waals surface area contributed by atoms with Gasteiger partial charge in [-0.15, -0.1) is 0 Å². The number of nitrogens with two attached hydrogens (primary N) is 1. The second-order valence-corrected chi connectivity index (χ2v) is 8.37. The second kappa shape index (κ2) is 6.62. The van der Waals surface area contributed by atoms with Crippen LogP contribution in [-0.2, 0) is 10.0 Å². The second-order valence-electron chi connectivity index (χ2n) is 6.41. The lowest BCUT2D eigenvalue weighted by Gasteiger charge is -2.13. The molecule has 0 bridgehead atoms. The number of aromatic nitrogens is 2. The number of nitrogen functional groups attached to an aromatic ring is 1. The van der Waals surface area contributed by atoms with Gasteiger partial charge in [0.15, 0.2) is 0 Å². The van der Waals surface area contributed by atoms with Crippen molar-refractivity contribution in [2.24, 2.45) is 0 Å². The van der Waals surface area contributed by atoms with Gasteiger partial charge in [0.1, 0.15) is 11.6 Å². The Bertz CT molecular complexity index is 1100. The molecule has 1 aromatic heterocycles. The first kappa shape index (κ1) is 17.4. The molecule has 0 unspecified atom stereocenters. The molecular weight excluding hydrogens is 367 g/mol. The van der Waals surface area contributed by atoms with Crippen molar-refractivity contribution in [1.82, 2.24) is 9.97 Å². The fourth-order valence-corrected chi connectivity index (χ4v) is 4.21. The van der Waals surface area contributed by atoms with Crippen LogP contribution in [0, 0.1) is 5.82 Å². The molecule has 0 amide bonds. The molecule has 0 atom stereocenters. The Morgan fingerprint density at radius 1 is 1.04 bits per heavy atom. The molecule has 3 N–H and O–H groups in total. The van der Waals surface area contributed by atoms with Crippen LogP contribution in [0.15, 0.2) is 54.9 Å². The van der Waals surface area contributed by atoms with Crippen LogP contribution in [0.4, 0.5) is 15.9 Å². The third-order valence-corrected chi connectivity index (χ3v) is 6.22. The van der Waals surface area contributed by atoms with Gasteiger partial charge < -0.3 is 5.73 Å².